The number of hydrogen-bond donors (Lipinski definition) is 3. The van der Waals surface area contributed by atoms with E-state index in [2.05, 4.69) is 45.0 Å². The molecule has 3 aromatic carbocycles. The van der Waals surface area contributed by atoms with E-state index in [4.69, 9.17) is 0 Å². The minimum Gasteiger partial charge on any atom is -0.355 e. The molecule has 2 aromatic heterocycles. The first-order valence-electron chi connectivity index (χ1n) is 11.4. The Bertz CT molecular complexity index is 1510. The molecule has 6 heteroatoms. The number of rotatable bonds is 6. The molecule has 6 nitrogen and oxygen atoms in total. The number of benzene rings is 3. The van der Waals surface area contributed by atoms with E-state index < -0.39 is 0 Å². The Labute approximate surface area is 204 Å². The van der Waals surface area contributed by atoms with Gasteiger partial charge in [0.05, 0.1) is 5.52 Å². The van der Waals surface area contributed by atoms with E-state index in [0.29, 0.717) is 11.3 Å². The number of aromatic nitrogens is 2. The lowest BCUT2D eigenvalue weighted by Crippen LogP contribution is -2.12. The molecule has 0 bridgehead atoms. The summed E-state index contributed by atoms with van der Waals surface area (Å²) in [6, 6.07) is 25.2. The zero-order valence-corrected chi connectivity index (χ0v) is 19.5. The van der Waals surface area contributed by atoms with Gasteiger partial charge in [-0.05, 0) is 86.1 Å². The first-order valence-corrected chi connectivity index (χ1v) is 11.4. The van der Waals surface area contributed by atoms with Crippen molar-refractivity contribution in [1.82, 2.24) is 9.97 Å². The zero-order chi connectivity index (χ0) is 24.2. The monoisotopic (exact) mass is 459 g/mol. The fourth-order valence-electron chi connectivity index (χ4n) is 3.94. The molecule has 0 atom stereocenters. The van der Waals surface area contributed by atoms with Gasteiger partial charge in [-0.2, -0.15) is 0 Å². The molecule has 0 saturated carbocycles. The van der Waals surface area contributed by atoms with E-state index in [-0.39, 0.29) is 5.91 Å². The Morgan fingerprint density at radius 3 is 2.37 bits per heavy atom. The lowest BCUT2D eigenvalue weighted by molar-refractivity contribution is 0.102. The van der Waals surface area contributed by atoms with Gasteiger partial charge in [0, 0.05) is 58.0 Å². The molecular weight excluding hydrogens is 434 g/mol. The molecule has 5 rings (SSSR count). The molecule has 0 unspecified atom stereocenters. The number of aryl methyl sites for hydroxylation is 2. The normalized spacial score (nSPS) is 10.7. The summed E-state index contributed by atoms with van der Waals surface area (Å²) >= 11 is 0. The molecule has 0 fully saturated rings. The standard InChI is InChI=1S/C29H25N5O/c1-19-6-8-27-25(16-19)28(12-15-31-27)34-26-9-7-21(17-20(26)2)29(35)33-24-5-3-4-23(18-24)32-22-10-13-30-14-11-22/h3-18H,1-2H3,(H,30,32)(H,31,34)(H,33,35). The predicted octanol–water partition coefficient (Wildman–Crippen LogP) is 6.99. The molecule has 0 aliphatic heterocycles. The summed E-state index contributed by atoms with van der Waals surface area (Å²) in [4.78, 5) is 21.4. The number of carbonyl (C=O) groups excluding carboxylic acids is 1. The molecule has 0 aliphatic rings. The van der Waals surface area contributed by atoms with Crippen molar-refractivity contribution >= 4 is 45.2 Å². The largest absolute Gasteiger partial charge is 0.355 e. The summed E-state index contributed by atoms with van der Waals surface area (Å²) in [5.41, 5.74) is 8.14. The molecular formula is C29H25N5O. The van der Waals surface area contributed by atoms with Crippen LogP contribution in [-0.2, 0) is 0 Å². The van der Waals surface area contributed by atoms with Crippen molar-refractivity contribution in [3.05, 3.63) is 114 Å². The first-order chi connectivity index (χ1) is 17.0. The number of amides is 1. The fourth-order valence-corrected chi connectivity index (χ4v) is 3.94. The summed E-state index contributed by atoms with van der Waals surface area (Å²) in [6.45, 7) is 4.06. The summed E-state index contributed by atoms with van der Waals surface area (Å²) in [7, 11) is 0. The molecule has 1 amide bonds. The molecule has 5 aromatic rings. The highest BCUT2D eigenvalue weighted by Crippen LogP contribution is 2.28. The van der Waals surface area contributed by atoms with Gasteiger partial charge in [-0.25, -0.2) is 0 Å². The maximum atomic E-state index is 12.9. The van der Waals surface area contributed by atoms with Crippen molar-refractivity contribution in [2.45, 2.75) is 13.8 Å². The maximum Gasteiger partial charge on any atom is 0.255 e. The lowest BCUT2D eigenvalue weighted by Gasteiger charge is -2.14. The number of anilines is 5. The Morgan fingerprint density at radius 2 is 1.54 bits per heavy atom. The molecule has 0 radical (unpaired) electrons. The van der Waals surface area contributed by atoms with Crippen LogP contribution in [-0.4, -0.2) is 15.9 Å². The minimum atomic E-state index is -0.161. The van der Waals surface area contributed by atoms with Crippen molar-refractivity contribution in [2.24, 2.45) is 0 Å². The van der Waals surface area contributed by atoms with Crippen LogP contribution in [0.2, 0.25) is 0 Å². The number of pyridine rings is 2. The van der Waals surface area contributed by atoms with Crippen LogP contribution < -0.4 is 16.0 Å². The quantitative estimate of drug-likeness (QED) is 0.255. The Kier molecular flexibility index (Phi) is 6.09. The Morgan fingerprint density at radius 1 is 0.714 bits per heavy atom. The SMILES string of the molecule is Cc1ccc2nccc(Nc3ccc(C(=O)Nc4cccc(Nc5ccncc5)c4)cc3C)c2c1. The average molecular weight is 460 g/mol. The van der Waals surface area contributed by atoms with Crippen LogP contribution in [0.4, 0.5) is 28.4 Å². The van der Waals surface area contributed by atoms with Gasteiger partial charge in [-0.1, -0.05) is 17.7 Å². The summed E-state index contributed by atoms with van der Waals surface area (Å²) in [6.07, 6.45) is 5.26. The first kappa shape index (κ1) is 22.1. The van der Waals surface area contributed by atoms with E-state index in [0.717, 1.165) is 39.2 Å². The fraction of sp³-hybridized carbons (Fsp3) is 0.0690. The van der Waals surface area contributed by atoms with Gasteiger partial charge in [0.1, 0.15) is 0 Å². The van der Waals surface area contributed by atoms with E-state index in [9.17, 15) is 4.79 Å². The van der Waals surface area contributed by atoms with Gasteiger partial charge in [0.15, 0.2) is 0 Å². The third kappa shape index (κ3) is 5.12. The summed E-state index contributed by atoms with van der Waals surface area (Å²) in [5, 5.41) is 10.9. The van der Waals surface area contributed by atoms with Crippen LogP contribution in [0.3, 0.4) is 0 Å². The van der Waals surface area contributed by atoms with Crippen molar-refractivity contribution in [3.8, 4) is 0 Å². The molecule has 3 N–H and O–H groups in total. The second-order valence-electron chi connectivity index (χ2n) is 8.43. The van der Waals surface area contributed by atoms with Gasteiger partial charge in [0.2, 0.25) is 0 Å². The number of nitrogens with one attached hydrogen (secondary N) is 3. The van der Waals surface area contributed by atoms with Crippen LogP contribution in [0.25, 0.3) is 10.9 Å². The molecule has 0 saturated heterocycles. The summed E-state index contributed by atoms with van der Waals surface area (Å²) in [5.74, 6) is -0.161. The van der Waals surface area contributed by atoms with Crippen LogP contribution in [0, 0.1) is 13.8 Å². The number of nitrogens with zero attached hydrogens (tertiary/aromatic N) is 2. The van der Waals surface area contributed by atoms with E-state index in [1.807, 2.05) is 73.7 Å². The second kappa shape index (κ2) is 9.65. The number of fused-ring (bicyclic) bond motifs is 1. The van der Waals surface area contributed by atoms with E-state index in [1.54, 1.807) is 18.6 Å². The molecule has 172 valence electrons. The van der Waals surface area contributed by atoms with Crippen LogP contribution in [0.15, 0.2) is 97.5 Å². The predicted molar refractivity (Wildman–Crippen MR) is 143 cm³/mol. The second-order valence-corrected chi connectivity index (χ2v) is 8.43. The van der Waals surface area contributed by atoms with Crippen molar-refractivity contribution in [1.29, 1.82) is 0 Å². The number of carbonyl (C=O) groups is 1. The highest BCUT2D eigenvalue weighted by atomic mass is 16.1. The smallest absolute Gasteiger partial charge is 0.255 e. The average Bonchev–Trinajstić information content (AvgIpc) is 2.86. The molecule has 35 heavy (non-hydrogen) atoms. The van der Waals surface area contributed by atoms with E-state index >= 15 is 0 Å². The third-order valence-corrected chi connectivity index (χ3v) is 5.74. The highest BCUT2D eigenvalue weighted by molar-refractivity contribution is 6.05. The molecule has 2 heterocycles. The van der Waals surface area contributed by atoms with E-state index in [1.165, 1.54) is 5.56 Å². The van der Waals surface area contributed by atoms with Crippen LogP contribution >= 0.6 is 0 Å². The molecule has 0 aliphatic carbocycles. The van der Waals surface area contributed by atoms with Crippen molar-refractivity contribution < 1.29 is 4.79 Å². The van der Waals surface area contributed by atoms with Crippen molar-refractivity contribution in [2.75, 3.05) is 16.0 Å². The lowest BCUT2D eigenvalue weighted by atomic mass is 10.1. The topological polar surface area (TPSA) is 78.9 Å². The van der Waals surface area contributed by atoms with Gasteiger partial charge in [-0.3, -0.25) is 14.8 Å². The van der Waals surface area contributed by atoms with Crippen LogP contribution in [0.5, 0.6) is 0 Å². The summed E-state index contributed by atoms with van der Waals surface area (Å²) < 4.78 is 0. The van der Waals surface area contributed by atoms with Crippen molar-refractivity contribution in [3.63, 3.8) is 0 Å². The van der Waals surface area contributed by atoms with Gasteiger partial charge in [-0.15, -0.1) is 0 Å². The van der Waals surface area contributed by atoms with Gasteiger partial charge < -0.3 is 16.0 Å². The third-order valence-electron chi connectivity index (χ3n) is 5.74. The Balaban J connectivity index is 1.31. The van der Waals surface area contributed by atoms with Gasteiger partial charge >= 0.3 is 0 Å². The number of hydrogen-bond acceptors (Lipinski definition) is 5. The Hall–Kier alpha value is -4.71. The zero-order valence-electron chi connectivity index (χ0n) is 19.5. The molecule has 0 spiro atoms. The van der Waals surface area contributed by atoms with Crippen LogP contribution in [0.1, 0.15) is 21.5 Å². The minimum absolute atomic E-state index is 0.161. The highest BCUT2D eigenvalue weighted by Gasteiger charge is 2.10. The van der Waals surface area contributed by atoms with Gasteiger partial charge in [0.25, 0.3) is 5.91 Å². The maximum absolute atomic E-state index is 12.9.